The Morgan fingerprint density at radius 3 is 2.74 bits per heavy atom. The van der Waals surface area contributed by atoms with Gasteiger partial charge >= 0.3 is 5.97 Å². The van der Waals surface area contributed by atoms with Crippen LogP contribution >= 0.6 is 0 Å². The zero-order valence-corrected chi connectivity index (χ0v) is 16.2. The van der Waals surface area contributed by atoms with Crippen LogP contribution in [0.25, 0.3) is 0 Å². The molecule has 148 valence electrons. The molecule has 1 heterocycles. The van der Waals surface area contributed by atoms with Crippen molar-refractivity contribution in [2.24, 2.45) is 0 Å². The van der Waals surface area contributed by atoms with Crippen LogP contribution in [0, 0.1) is 0 Å². The number of aliphatic hydroxyl groups is 1. The molecule has 1 aliphatic heterocycles. The Hall–Kier alpha value is -2.14. The first kappa shape index (κ1) is 21.2. The number of unbranched alkanes of at least 4 members (excludes halogenated alkanes) is 3. The van der Waals surface area contributed by atoms with E-state index in [0.717, 1.165) is 44.2 Å². The lowest BCUT2D eigenvalue weighted by Gasteiger charge is -2.22. The number of carbonyl (C=O) groups excluding carboxylic acids is 2. The van der Waals surface area contributed by atoms with E-state index in [4.69, 9.17) is 0 Å². The van der Waals surface area contributed by atoms with Crippen LogP contribution in [0.4, 0.5) is 0 Å². The molecule has 0 aromatic heterocycles. The lowest BCUT2D eigenvalue weighted by Crippen LogP contribution is -2.32. The van der Waals surface area contributed by atoms with Gasteiger partial charge in [0.05, 0.1) is 19.3 Å². The summed E-state index contributed by atoms with van der Waals surface area (Å²) in [6.45, 7) is 0.737. The molecule has 1 fully saturated rings. The van der Waals surface area contributed by atoms with E-state index in [1.54, 1.807) is 0 Å². The summed E-state index contributed by atoms with van der Waals surface area (Å²) in [5.41, 5.74) is 1.10. The summed E-state index contributed by atoms with van der Waals surface area (Å²) in [5.74, 6) is 0.0285. The van der Waals surface area contributed by atoms with E-state index in [0.29, 0.717) is 19.3 Å². The van der Waals surface area contributed by atoms with Gasteiger partial charge in [-0.15, -0.1) is 0 Å². The van der Waals surface area contributed by atoms with Gasteiger partial charge in [0, 0.05) is 25.8 Å². The maximum atomic E-state index is 12.1. The third kappa shape index (κ3) is 7.55. The largest absolute Gasteiger partial charge is 0.469 e. The minimum Gasteiger partial charge on any atom is -0.469 e. The van der Waals surface area contributed by atoms with E-state index in [9.17, 15) is 14.7 Å². The topological polar surface area (TPSA) is 66.8 Å². The van der Waals surface area contributed by atoms with Gasteiger partial charge in [0.15, 0.2) is 0 Å². The smallest absolute Gasteiger partial charge is 0.305 e. The summed E-state index contributed by atoms with van der Waals surface area (Å²) in [6, 6.07) is 9.98. The van der Waals surface area contributed by atoms with Crippen LogP contribution < -0.4 is 0 Å². The number of methoxy groups -OCH3 is 1. The summed E-state index contributed by atoms with van der Waals surface area (Å²) >= 11 is 0. The van der Waals surface area contributed by atoms with Crippen LogP contribution in [-0.2, 0) is 20.7 Å². The fourth-order valence-electron chi connectivity index (χ4n) is 3.43. The maximum absolute atomic E-state index is 12.1. The van der Waals surface area contributed by atoms with E-state index < -0.39 is 6.10 Å². The Morgan fingerprint density at radius 1 is 1.26 bits per heavy atom. The molecular formula is C22H31NO4. The number of hydrogen-bond donors (Lipinski definition) is 1. The second kappa shape index (κ2) is 11.5. The van der Waals surface area contributed by atoms with Gasteiger partial charge in [-0.3, -0.25) is 9.59 Å². The van der Waals surface area contributed by atoms with Crippen molar-refractivity contribution in [2.45, 2.75) is 63.5 Å². The monoisotopic (exact) mass is 373 g/mol. The van der Waals surface area contributed by atoms with Crippen molar-refractivity contribution in [3.8, 4) is 0 Å². The number of nitrogens with zero attached hydrogens (tertiary/aromatic N) is 1. The molecule has 5 heteroatoms. The second-order valence-corrected chi connectivity index (χ2v) is 7.08. The van der Waals surface area contributed by atoms with Crippen molar-refractivity contribution >= 4 is 11.9 Å². The van der Waals surface area contributed by atoms with Crippen LogP contribution in [-0.4, -0.2) is 47.7 Å². The first-order valence-electron chi connectivity index (χ1n) is 9.86. The number of carbonyl (C=O) groups is 2. The average molecular weight is 373 g/mol. The van der Waals surface area contributed by atoms with Gasteiger partial charge in [-0.25, -0.2) is 0 Å². The number of ether oxygens (including phenoxy) is 1. The third-order valence-electron chi connectivity index (χ3n) is 4.98. The van der Waals surface area contributed by atoms with Crippen molar-refractivity contribution in [3.05, 3.63) is 48.0 Å². The van der Waals surface area contributed by atoms with Gasteiger partial charge in [-0.05, 0) is 24.8 Å². The molecule has 1 amide bonds. The van der Waals surface area contributed by atoms with Crippen molar-refractivity contribution in [2.75, 3.05) is 13.7 Å². The molecule has 2 atom stereocenters. The highest BCUT2D eigenvalue weighted by Gasteiger charge is 2.28. The number of hydrogen-bond acceptors (Lipinski definition) is 4. The SMILES string of the molecule is COC(=O)CCCCCCN1C(=O)CC[C@@H]1/C=C/[C@@H](O)Cc1ccccc1. The van der Waals surface area contributed by atoms with E-state index in [1.807, 2.05) is 47.4 Å². The summed E-state index contributed by atoms with van der Waals surface area (Å²) in [6.07, 6.45) is 9.42. The maximum Gasteiger partial charge on any atom is 0.305 e. The van der Waals surface area contributed by atoms with Crippen molar-refractivity contribution in [3.63, 3.8) is 0 Å². The predicted octanol–water partition coefficient (Wildman–Crippen LogP) is 3.26. The molecule has 5 nitrogen and oxygen atoms in total. The minimum atomic E-state index is -0.539. The average Bonchev–Trinajstić information content (AvgIpc) is 3.03. The first-order valence-corrected chi connectivity index (χ1v) is 9.86. The lowest BCUT2D eigenvalue weighted by atomic mass is 10.1. The van der Waals surface area contributed by atoms with Crippen LogP contribution in [0.15, 0.2) is 42.5 Å². The number of benzene rings is 1. The van der Waals surface area contributed by atoms with Gasteiger partial charge < -0.3 is 14.7 Å². The number of amides is 1. The van der Waals surface area contributed by atoms with Gasteiger partial charge in [-0.1, -0.05) is 55.3 Å². The lowest BCUT2D eigenvalue weighted by molar-refractivity contribution is -0.140. The van der Waals surface area contributed by atoms with Crippen LogP contribution in [0.1, 0.15) is 50.5 Å². The minimum absolute atomic E-state index is 0.0815. The number of aliphatic hydroxyl groups excluding tert-OH is 1. The van der Waals surface area contributed by atoms with Crippen molar-refractivity contribution < 1.29 is 19.4 Å². The molecule has 1 N–H and O–H groups in total. The van der Waals surface area contributed by atoms with Crippen LogP contribution in [0.3, 0.4) is 0 Å². The third-order valence-corrected chi connectivity index (χ3v) is 4.98. The molecule has 1 aromatic carbocycles. The molecule has 0 radical (unpaired) electrons. The number of esters is 1. The Kier molecular flexibility index (Phi) is 9.05. The standard InChI is InChI=1S/C22H31NO4/c1-27-22(26)11-7-2-3-8-16-23-19(13-15-21(23)25)12-14-20(24)17-18-9-5-4-6-10-18/h4-6,9-10,12,14,19-20,24H,2-3,7-8,11,13,15-17H2,1H3/b14-12+/t19-,20+/m0/s1. The molecule has 1 aromatic rings. The highest BCUT2D eigenvalue weighted by atomic mass is 16.5. The molecule has 1 saturated heterocycles. The molecule has 0 saturated carbocycles. The second-order valence-electron chi connectivity index (χ2n) is 7.08. The number of likely N-dealkylation sites (tertiary alicyclic amines) is 1. The highest BCUT2D eigenvalue weighted by Crippen LogP contribution is 2.21. The van der Waals surface area contributed by atoms with E-state index in [1.165, 1.54) is 7.11 Å². The zero-order chi connectivity index (χ0) is 19.5. The Balaban J connectivity index is 1.72. The molecule has 0 spiro atoms. The molecule has 0 aliphatic carbocycles. The van der Waals surface area contributed by atoms with Gasteiger partial charge in [-0.2, -0.15) is 0 Å². The van der Waals surface area contributed by atoms with Gasteiger partial charge in [0.25, 0.3) is 0 Å². The summed E-state index contributed by atoms with van der Waals surface area (Å²) in [4.78, 5) is 25.1. The Labute approximate surface area is 162 Å². The van der Waals surface area contributed by atoms with Crippen LogP contribution in [0.5, 0.6) is 0 Å². The fraction of sp³-hybridized carbons (Fsp3) is 0.545. The van der Waals surface area contributed by atoms with Crippen molar-refractivity contribution in [1.82, 2.24) is 4.90 Å². The normalized spacial score (nSPS) is 18.2. The molecule has 0 bridgehead atoms. The zero-order valence-electron chi connectivity index (χ0n) is 16.2. The molecular weight excluding hydrogens is 342 g/mol. The van der Waals surface area contributed by atoms with E-state index in [-0.39, 0.29) is 17.9 Å². The quantitative estimate of drug-likeness (QED) is 0.367. The summed E-state index contributed by atoms with van der Waals surface area (Å²) in [5, 5.41) is 10.2. The predicted molar refractivity (Wildman–Crippen MR) is 105 cm³/mol. The van der Waals surface area contributed by atoms with Crippen LogP contribution in [0.2, 0.25) is 0 Å². The fourth-order valence-corrected chi connectivity index (χ4v) is 3.43. The molecule has 2 rings (SSSR count). The Bertz CT molecular complexity index is 614. The van der Waals surface area contributed by atoms with Gasteiger partial charge in [0.1, 0.15) is 0 Å². The van der Waals surface area contributed by atoms with Crippen molar-refractivity contribution in [1.29, 1.82) is 0 Å². The van der Waals surface area contributed by atoms with Gasteiger partial charge in [0.2, 0.25) is 5.91 Å². The van der Waals surface area contributed by atoms with E-state index >= 15 is 0 Å². The first-order chi connectivity index (χ1) is 13.1. The molecule has 1 aliphatic rings. The molecule has 0 unspecified atom stereocenters. The van der Waals surface area contributed by atoms with E-state index in [2.05, 4.69) is 4.74 Å². The Morgan fingerprint density at radius 2 is 2.00 bits per heavy atom. The number of rotatable bonds is 11. The highest BCUT2D eigenvalue weighted by molar-refractivity contribution is 5.79. The molecule has 27 heavy (non-hydrogen) atoms. The summed E-state index contributed by atoms with van der Waals surface area (Å²) < 4.78 is 4.63. The summed E-state index contributed by atoms with van der Waals surface area (Å²) in [7, 11) is 1.41.